The van der Waals surface area contributed by atoms with Gasteiger partial charge in [-0.15, -0.1) is 0 Å². The zero-order chi connectivity index (χ0) is 5.70. The van der Waals surface area contributed by atoms with Crippen LogP contribution in [0.1, 0.15) is 0 Å². The van der Waals surface area contributed by atoms with Crippen LogP contribution in [0.25, 0.3) is 0 Å². The Bertz CT molecular complexity index is 57.1. The molecule has 0 saturated heterocycles. The average molecular weight is 100 g/mol. The van der Waals surface area contributed by atoms with Gasteiger partial charge in [-0.25, -0.2) is 0 Å². The monoisotopic (exact) mass is 100 g/mol. The van der Waals surface area contributed by atoms with E-state index in [9.17, 15) is 0 Å². The second-order valence-electron chi connectivity index (χ2n) is 1.69. The van der Waals surface area contributed by atoms with Gasteiger partial charge in [0.15, 0.2) is 0 Å². The van der Waals surface area contributed by atoms with E-state index in [4.69, 9.17) is 5.73 Å². The second kappa shape index (κ2) is 3.68. The van der Waals surface area contributed by atoms with Crippen LogP contribution in [0, 0.1) is 0 Å². The molecule has 0 aromatic heterocycles. The third kappa shape index (κ3) is 5.50. The highest BCUT2D eigenvalue weighted by Gasteiger charge is 1.77. The minimum Gasteiger partial charge on any atom is -0.405 e. The van der Waals surface area contributed by atoms with Crippen LogP contribution in [0.2, 0.25) is 0 Å². The fourth-order valence-corrected chi connectivity index (χ4v) is 0.272. The van der Waals surface area contributed by atoms with Crippen molar-refractivity contribution in [1.82, 2.24) is 4.90 Å². The maximum absolute atomic E-state index is 5.07. The number of hydrogen-bond donors (Lipinski definition) is 1. The van der Waals surface area contributed by atoms with Gasteiger partial charge in [-0.1, -0.05) is 6.08 Å². The summed E-state index contributed by atoms with van der Waals surface area (Å²) in [6, 6.07) is 0. The number of likely N-dealkylation sites (N-methyl/N-ethyl adjacent to an activating group) is 1. The van der Waals surface area contributed by atoms with E-state index in [0.717, 1.165) is 6.54 Å². The molecule has 0 radical (unpaired) electrons. The topological polar surface area (TPSA) is 29.3 Å². The molecular formula is C5H12N2. The fourth-order valence-electron chi connectivity index (χ4n) is 0.272. The molecule has 0 saturated carbocycles. The maximum atomic E-state index is 5.07. The summed E-state index contributed by atoms with van der Waals surface area (Å²) in [5, 5.41) is 0. The molecule has 0 aromatic rings. The Kier molecular flexibility index (Phi) is 3.42. The number of hydrogen-bond acceptors (Lipinski definition) is 2. The van der Waals surface area contributed by atoms with Crippen molar-refractivity contribution < 1.29 is 0 Å². The van der Waals surface area contributed by atoms with Crippen molar-refractivity contribution in [3.05, 3.63) is 12.3 Å². The molecule has 0 aliphatic rings. The maximum Gasteiger partial charge on any atom is 0.0174 e. The van der Waals surface area contributed by atoms with Crippen molar-refractivity contribution in [1.29, 1.82) is 0 Å². The largest absolute Gasteiger partial charge is 0.405 e. The van der Waals surface area contributed by atoms with E-state index in [2.05, 4.69) is 0 Å². The highest BCUT2D eigenvalue weighted by atomic mass is 15.0. The Balaban J connectivity index is 2.97. The van der Waals surface area contributed by atoms with Crippen LogP contribution in [0.4, 0.5) is 0 Å². The van der Waals surface area contributed by atoms with Gasteiger partial charge in [0.25, 0.3) is 0 Å². The minimum absolute atomic E-state index is 0.927. The summed E-state index contributed by atoms with van der Waals surface area (Å²) in [6.45, 7) is 0.927. The quantitative estimate of drug-likeness (QED) is 0.530. The van der Waals surface area contributed by atoms with Gasteiger partial charge in [0.2, 0.25) is 0 Å². The number of nitrogens with zero attached hydrogens (tertiary/aromatic N) is 1. The van der Waals surface area contributed by atoms with Gasteiger partial charge in [0.1, 0.15) is 0 Å². The van der Waals surface area contributed by atoms with Crippen molar-refractivity contribution in [2.45, 2.75) is 0 Å². The molecule has 0 amide bonds. The predicted molar refractivity (Wildman–Crippen MR) is 31.9 cm³/mol. The highest BCUT2D eigenvalue weighted by molar-refractivity contribution is 4.77. The van der Waals surface area contributed by atoms with Crippen LogP contribution in [-0.4, -0.2) is 25.5 Å². The second-order valence-corrected chi connectivity index (χ2v) is 1.69. The summed E-state index contributed by atoms with van der Waals surface area (Å²) in [5.41, 5.74) is 5.07. The van der Waals surface area contributed by atoms with Crippen molar-refractivity contribution in [2.75, 3.05) is 20.6 Å². The molecule has 0 rings (SSSR count). The van der Waals surface area contributed by atoms with Gasteiger partial charge in [-0.2, -0.15) is 0 Å². The molecule has 0 bridgehead atoms. The van der Waals surface area contributed by atoms with Gasteiger partial charge in [-0.3, -0.25) is 0 Å². The molecule has 0 spiro atoms. The van der Waals surface area contributed by atoms with Crippen LogP contribution in [0.3, 0.4) is 0 Å². The van der Waals surface area contributed by atoms with E-state index in [0.29, 0.717) is 0 Å². The molecule has 0 aliphatic carbocycles. The van der Waals surface area contributed by atoms with Crippen molar-refractivity contribution in [3.8, 4) is 0 Å². The predicted octanol–water partition coefficient (Wildman–Crippen LogP) is 0.0204. The van der Waals surface area contributed by atoms with Gasteiger partial charge >= 0.3 is 0 Å². The standard InChI is InChI=1S/C5H12N2/c1-7(2)5-3-4-6/h3-4H,5-6H2,1-2H3/b4-3-. The van der Waals surface area contributed by atoms with Gasteiger partial charge < -0.3 is 10.6 Å². The Labute approximate surface area is 44.6 Å². The summed E-state index contributed by atoms with van der Waals surface area (Å²) < 4.78 is 0. The molecule has 2 N–H and O–H groups in total. The molecule has 0 heterocycles. The van der Waals surface area contributed by atoms with Crippen LogP contribution >= 0.6 is 0 Å². The lowest BCUT2D eigenvalue weighted by Gasteiger charge is -2.01. The first-order chi connectivity index (χ1) is 3.27. The lowest BCUT2D eigenvalue weighted by molar-refractivity contribution is 0.456. The number of rotatable bonds is 2. The smallest absolute Gasteiger partial charge is 0.0174 e. The zero-order valence-electron chi connectivity index (χ0n) is 4.89. The normalized spacial score (nSPS) is 11.3. The Hall–Kier alpha value is -0.500. The summed E-state index contributed by atoms with van der Waals surface area (Å²) in [4.78, 5) is 2.04. The Morgan fingerprint density at radius 1 is 1.57 bits per heavy atom. The van der Waals surface area contributed by atoms with E-state index < -0.39 is 0 Å². The van der Waals surface area contributed by atoms with E-state index in [1.54, 1.807) is 6.20 Å². The third-order valence-corrected chi connectivity index (χ3v) is 0.607. The van der Waals surface area contributed by atoms with Crippen LogP contribution < -0.4 is 5.73 Å². The average Bonchev–Trinajstić information content (AvgIpc) is 1.61. The van der Waals surface area contributed by atoms with Crippen LogP contribution in [0.5, 0.6) is 0 Å². The van der Waals surface area contributed by atoms with E-state index in [-0.39, 0.29) is 0 Å². The van der Waals surface area contributed by atoms with Gasteiger partial charge in [0, 0.05) is 6.54 Å². The summed E-state index contributed by atoms with van der Waals surface area (Å²) >= 11 is 0. The third-order valence-electron chi connectivity index (χ3n) is 0.607. The molecular weight excluding hydrogens is 88.1 g/mol. The van der Waals surface area contributed by atoms with E-state index in [1.807, 2.05) is 25.1 Å². The Morgan fingerprint density at radius 2 is 2.14 bits per heavy atom. The molecule has 0 atom stereocenters. The SMILES string of the molecule is CN(C)C/C=C\N. The molecule has 2 nitrogen and oxygen atoms in total. The molecule has 0 aromatic carbocycles. The number of nitrogens with two attached hydrogens (primary N) is 1. The van der Waals surface area contributed by atoms with Gasteiger partial charge in [0.05, 0.1) is 0 Å². The first-order valence-electron chi connectivity index (χ1n) is 2.29. The first-order valence-corrected chi connectivity index (χ1v) is 2.29. The molecule has 7 heavy (non-hydrogen) atoms. The van der Waals surface area contributed by atoms with Crippen molar-refractivity contribution >= 4 is 0 Å². The van der Waals surface area contributed by atoms with Crippen molar-refractivity contribution in [3.63, 3.8) is 0 Å². The molecule has 2 heteroatoms. The summed E-state index contributed by atoms with van der Waals surface area (Å²) in [5.74, 6) is 0. The molecule has 0 aliphatic heterocycles. The Morgan fingerprint density at radius 3 is 2.29 bits per heavy atom. The zero-order valence-corrected chi connectivity index (χ0v) is 4.89. The fraction of sp³-hybridized carbons (Fsp3) is 0.600. The van der Waals surface area contributed by atoms with Crippen LogP contribution in [-0.2, 0) is 0 Å². The van der Waals surface area contributed by atoms with Gasteiger partial charge in [-0.05, 0) is 20.3 Å². The summed E-state index contributed by atoms with van der Waals surface area (Å²) in [6.07, 6.45) is 3.46. The summed E-state index contributed by atoms with van der Waals surface area (Å²) in [7, 11) is 4.00. The van der Waals surface area contributed by atoms with Crippen LogP contribution in [0.15, 0.2) is 12.3 Å². The lowest BCUT2D eigenvalue weighted by atomic mass is 10.6. The highest BCUT2D eigenvalue weighted by Crippen LogP contribution is 1.71. The van der Waals surface area contributed by atoms with Crippen molar-refractivity contribution in [2.24, 2.45) is 5.73 Å². The first kappa shape index (κ1) is 6.50. The minimum atomic E-state index is 0.927. The van der Waals surface area contributed by atoms with E-state index in [1.165, 1.54) is 0 Å². The molecule has 42 valence electrons. The van der Waals surface area contributed by atoms with E-state index >= 15 is 0 Å². The molecule has 0 fully saturated rings. The lowest BCUT2D eigenvalue weighted by Crippen LogP contribution is -2.10. The molecule has 0 unspecified atom stereocenters.